The van der Waals surface area contributed by atoms with E-state index in [9.17, 15) is 4.79 Å². The highest BCUT2D eigenvalue weighted by molar-refractivity contribution is 7.16. The van der Waals surface area contributed by atoms with Crippen LogP contribution in [0, 0.1) is 11.3 Å². The van der Waals surface area contributed by atoms with E-state index in [4.69, 9.17) is 9.47 Å². The standard InChI is InChI=1S/C23H30N2O3S/c1-6-23(2,3)13-10-11-14-17(12-13)29-22-18(14)21(26)24-20(25-22)15-8-7-9-16(27-4)19(15)28-5/h7-9,13,20,25H,6,10-12H2,1-5H3,(H,24,26)/t13-,20+/m1/s1. The van der Waals surface area contributed by atoms with Crippen LogP contribution in [0.5, 0.6) is 11.5 Å². The Labute approximate surface area is 176 Å². The molecule has 2 N–H and O–H groups in total. The van der Waals surface area contributed by atoms with Crippen LogP contribution in [0.15, 0.2) is 18.2 Å². The van der Waals surface area contributed by atoms with Crippen LogP contribution in [0.1, 0.15) is 66.1 Å². The number of para-hydroxylation sites is 1. The Bertz CT molecular complexity index is 934. The zero-order chi connectivity index (χ0) is 20.8. The second kappa shape index (κ2) is 7.56. The Hall–Kier alpha value is -2.21. The van der Waals surface area contributed by atoms with E-state index in [2.05, 4.69) is 31.4 Å². The van der Waals surface area contributed by atoms with Crippen molar-refractivity contribution < 1.29 is 14.3 Å². The first-order valence-electron chi connectivity index (χ1n) is 10.3. The van der Waals surface area contributed by atoms with Gasteiger partial charge in [-0.3, -0.25) is 4.79 Å². The van der Waals surface area contributed by atoms with Crippen LogP contribution < -0.4 is 20.1 Å². The SMILES string of the molecule is CCC(C)(C)[C@@H]1CCc2c(sc3c2C(=O)N[C@H](c2cccc(OC)c2OC)N3)C1. The van der Waals surface area contributed by atoms with Gasteiger partial charge in [0, 0.05) is 10.4 Å². The lowest BCUT2D eigenvalue weighted by Gasteiger charge is -2.36. The summed E-state index contributed by atoms with van der Waals surface area (Å²) < 4.78 is 11.0. The van der Waals surface area contributed by atoms with Crippen molar-refractivity contribution in [2.75, 3.05) is 19.5 Å². The maximum absolute atomic E-state index is 13.1. The lowest BCUT2D eigenvalue weighted by Crippen LogP contribution is -2.38. The number of carbonyl (C=O) groups is 1. The fourth-order valence-corrected chi connectivity index (χ4v) is 5.90. The molecule has 1 aliphatic heterocycles. The van der Waals surface area contributed by atoms with Crippen LogP contribution in [0.4, 0.5) is 5.00 Å². The zero-order valence-corrected chi connectivity index (χ0v) is 18.7. The number of benzene rings is 1. The molecule has 0 bridgehead atoms. The molecule has 156 valence electrons. The van der Waals surface area contributed by atoms with E-state index in [1.165, 1.54) is 16.9 Å². The quantitative estimate of drug-likeness (QED) is 0.709. The molecule has 2 heterocycles. The van der Waals surface area contributed by atoms with Crippen LogP contribution in [-0.2, 0) is 12.8 Å². The number of nitrogens with one attached hydrogen (secondary N) is 2. The maximum atomic E-state index is 13.1. The summed E-state index contributed by atoms with van der Waals surface area (Å²) >= 11 is 1.75. The Morgan fingerprint density at radius 2 is 2.00 bits per heavy atom. The molecule has 1 aliphatic carbocycles. The molecule has 2 atom stereocenters. The molecule has 0 unspecified atom stereocenters. The number of hydrogen-bond donors (Lipinski definition) is 2. The molecule has 2 aromatic rings. The minimum Gasteiger partial charge on any atom is -0.493 e. The summed E-state index contributed by atoms with van der Waals surface area (Å²) in [6.45, 7) is 7.01. The van der Waals surface area contributed by atoms with Gasteiger partial charge >= 0.3 is 0 Å². The average Bonchev–Trinajstić information content (AvgIpc) is 3.11. The molecule has 0 saturated heterocycles. The average molecular weight is 415 g/mol. The molecule has 0 saturated carbocycles. The summed E-state index contributed by atoms with van der Waals surface area (Å²) in [5.41, 5.74) is 3.28. The smallest absolute Gasteiger partial charge is 0.256 e. The van der Waals surface area contributed by atoms with Crippen molar-refractivity contribution in [3.8, 4) is 11.5 Å². The van der Waals surface area contributed by atoms with Gasteiger partial charge in [-0.15, -0.1) is 11.3 Å². The van der Waals surface area contributed by atoms with Gasteiger partial charge in [-0.25, -0.2) is 0 Å². The number of fused-ring (bicyclic) bond motifs is 3. The van der Waals surface area contributed by atoms with E-state index in [-0.39, 0.29) is 12.1 Å². The zero-order valence-electron chi connectivity index (χ0n) is 17.8. The van der Waals surface area contributed by atoms with Gasteiger partial charge in [0.05, 0.1) is 19.8 Å². The summed E-state index contributed by atoms with van der Waals surface area (Å²) in [5, 5.41) is 7.65. The van der Waals surface area contributed by atoms with Gasteiger partial charge in [-0.1, -0.05) is 39.3 Å². The van der Waals surface area contributed by atoms with E-state index in [0.717, 1.165) is 35.4 Å². The molecule has 2 aliphatic rings. The van der Waals surface area contributed by atoms with Crippen molar-refractivity contribution in [3.63, 3.8) is 0 Å². The Morgan fingerprint density at radius 1 is 1.21 bits per heavy atom. The number of amides is 1. The summed E-state index contributed by atoms with van der Waals surface area (Å²) in [6, 6.07) is 5.73. The van der Waals surface area contributed by atoms with Crippen molar-refractivity contribution in [2.45, 2.75) is 52.6 Å². The predicted molar refractivity (Wildman–Crippen MR) is 117 cm³/mol. The molecule has 0 radical (unpaired) electrons. The van der Waals surface area contributed by atoms with E-state index < -0.39 is 0 Å². The van der Waals surface area contributed by atoms with Gasteiger partial charge in [0.25, 0.3) is 5.91 Å². The van der Waals surface area contributed by atoms with Crippen molar-refractivity contribution >= 4 is 22.2 Å². The molecular formula is C23H30N2O3S. The van der Waals surface area contributed by atoms with Gasteiger partial charge in [0.15, 0.2) is 11.5 Å². The largest absolute Gasteiger partial charge is 0.493 e. The number of methoxy groups -OCH3 is 2. The van der Waals surface area contributed by atoms with Crippen molar-refractivity contribution in [3.05, 3.63) is 39.8 Å². The fourth-order valence-electron chi connectivity index (χ4n) is 4.55. The lowest BCUT2D eigenvalue weighted by atomic mass is 9.69. The second-order valence-electron chi connectivity index (χ2n) is 8.62. The topological polar surface area (TPSA) is 59.6 Å². The van der Waals surface area contributed by atoms with Gasteiger partial charge in [0.1, 0.15) is 11.2 Å². The third-order valence-corrected chi connectivity index (χ3v) is 7.99. The number of carbonyl (C=O) groups excluding carboxylic acids is 1. The third kappa shape index (κ3) is 3.37. The normalized spacial score (nSPS) is 20.9. The molecular weight excluding hydrogens is 384 g/mol. The monoisotopic (exact) mass is 414 g/mol. The minimum absolute atomic E-state index is 0.000625. The van der Waals surface area contributed by atoms with E-state index in [1.807, 2.05) is 18.2 Å². The van der Waals surface area contributed by atoms with Gasteiger partial charge in [-0.2, -0.15) is 0 Å². The molecule has 1 amide bonds. The van der Waals surface area contributed by atoms with Crippen LogP contribution in [0.3, 0.4) is 0 Å². The second-order valence-corrected chi connectivity index (χ2v) is 9.73. The van der Waals surface area contributed by atoms with Gasteiger partial charge in [0.2, 0.25) is 0 Å². The molecule has 0 fully saturated rings. The van der Waals surface area contributed by atoms with Gasteiger partial charge in [-0.05, 0) is 42.2 Å². The highest BCUT2D eigenvalue weighted by Crippen LogP contribution is 2.47. The first-order valence-corrected chi connectivity index (χ1v) is 11.1. The molecule has 0 spiro atoms. The molecule has 4 rings (SSSR count). The highest BCUT2D eigenvalue weighted by Gasteiger charge is 2.38. The molecule has 29 heavy (non-hydrogen) atoms. The van der Waals surface area contributed by atoms with Crippen LogP contribution in [0.2, 0.25) is 0 Å². The van der Waals surface area contributed by atoms with Crippen LogP contribution in [0.25, 0.3) is 0 Å². The van der Waals surface area contributed by atoms with E-state index in [1.54, 1.807) is 25.6 Å². The Kier molecular flexibility index (Phi) is 5.23. The summed E-state index contributed by atoms with van der Waals surface area (Å²) in [4.78, 5) is 14.4. The summed E-state index contributed by atoms with van der Waals surface area (Å²) in [7, 11) is 3.24. The van der Waals surface area contributed by atoms with Gasteiger partial charge < -0.3 is 20.1 Å². The van der Waals surface area contributed by atoms with Crippen molar-refractivity contribution in [2.24, 2.45) is 11.3 Å². The maximum Gasteiger partial charge on any atom is 0.256 e. The van der Waals surface area contributed by atoms with Crippen LogP contribution >= 0.6 is 11.3 Å². The summed E-state index contributed by atoms with van der Waals surface area (Å²) in [6.07, 6.45) is 4.03. The number of ether oxygens (including phenoxy) is 2. The van der Waals surface area contributed by atoms with E-state index in [0.29, 0.717) is 22.8 Å². The number of rotatable bonds is 5. The summed E-state index contributed by atoms with van der Waals surface area (Å²) in [5.74, 6) is 1.96. The van der Waals surface area contributed by atoms with E-state index >= 15 is 0 Å². The first-order chi connectivity index (χ1) is 13.9. The molecule has 1 aromatic heterocycles. The number of thiophene rings is 1. The van der Waals surface area contributed by atoms with Crippen molar-refractivity contribution in [1.82, 2.24) is 5.32 Å². The van der Waals surface area contributed by atoms with Crippen molar-refractivity contribution in [1.29, 1.82) is 0 Å². The molecule has 1 aromatic carbocycles. The number of anilines is 1. The predicted octanol–water partition coefficient (Wildman–Crippen LogP) is 5.16. The Morgan fingerprint density at radius 3 is 2.69 bits per heavy atom. The first kappa shape index (κ1) is 20.1. The third-order valence-electron chi connectivity index (χ3n) is 6.80. The lowest BCUT2D eigenvalue weighted by molar-refractivity contribution is 0.0934. The fraction of sp³-hybridized carbons (Fsp3) is 0.522. The highest BCUT2D eigenvalue weighted by atomic mass is 32.1. The van der Waals surface area contributed by atoms with Crippen LogP contribution in [-0.4, -0.2) is 20.1 Å². The molecule has 5 nitrogen and oxygen atoms in total. The Balaban J connectivity index is 1.66. The molecule has 6 heteroatoms. The minimum atomic E-state index is -0.344. The number of hydrogen-bond acceptors (Lipinski definition) is 5.